The van der Waals surface area contributed by atoms with Crippen LogP contribution in [0.1, 0.15) is 18.7 Å². The van der Waals surface area contributed by atoms with E-state index in [1.165, 1.54) is 11.3 Å². The Morgan fingerprint density at radius 3 is 2.44 bits per heavy atom. The predicted octanol–water partition coefficient (Wildman–Crippen LogP) is 4.14. The smallest absolute Gasteiger partial charge is 0.126 e. The van der Waals surface area contributed by atoms with Gasteiger partial charge < -0.3 is 5.73 Å². The Morgan fingerprint density at radius 2 is 1.94 bits per heavy atom. The molecule has 1 aromatic heterocycles. The van der Waals surface area contributed by atoms with Crippen molar-refractivity contribution in [2.24, 2.45) is 5.73 Å². The number of aromatic nitrogens is 1. The van der Waals surface area contributed by atoms with Crippen LogP contribution in [0.3, 0.4) is 0 Å². The Bertz CT molecular complexity index is 488. The van der Waals surface area contributed by atoms with E-state index in [0.717, 1.165) is 16.3 Å². The van der Waals surface area contributed by atoms with Gasteiger partial charge in [-0.25, -0.2) is 4.98 Å². The van der Waals surface area contributed by atoms with Gasteiger partial charge in [-0.15, -0.1) is 11.3 Å². The molecule has 0 saturated heterocycles. The van der Waals surface area contributed by atoms with Crippen molar-refractivity contribution in [3.05, 3.63) is 39.3 Å². The summed E-state index contributed by atoms with van der Waals surface area (Å²) in [4.78, 5) is 4.43. The molecule has 1 aromatic carbocycles. The maximum Gasteiger partial charge on any atom is 0.126 e. The van der Waals surface area contributed by atoms with Crippen molar-refractivity contribution < 1.29 is 0 Å². The summed E-state index contributed by atoms with van der Waals surface area (Å²) < 4.78 is 0. The van der Waals surface area contributed by atoms with Gasteiger partial charge in [-0.05, 0) is 19.1 Å². The monoisotopic (exact) mass is 272 g/mol. The molecule has 0 saturated carbocycles. The normalized spacial score (nSPS) is 12.8. The van der Waals surface area contributed by atoms with Gasteiger partial charge in [-0.1, -0.05) is 29.3 Å². The molecule has 2 aromatic rings. The number of nitrogens with two attached hydrogens (primary N) is 1. The number of thiazole rings is 1. The maximum atomic E-state index is 6.10. The summed E-state index contributed by atoms with van der Waals surface area (Å²) in [5.41, 5.74) is 7.40. The zero-order chi connectivity index (χ0) is 11.7. The summed E-state index contributed by atoms with van der Waals surface area (Å²) in [6.07, 6.45) is 0. The minimum absolute atomic E-state index is 0.0775. The summed E-state index contributed by atoms with van der Waals surface area (Å²) in [6, 6.07) is 5.34. The molecule has 2 nitrogen and oxygen atoms in total. The van der Waals surface area contributed by atoms with Crippen LogP contribution in [0.5, 0.6) is 0 Å². The molecule has 0 amide bonds. The van der Waals surface area contributed by atoms with E-state index in [-0.39, 0.29) is 6.04 Å². The molecule has 0 fully saturated rings. The van der Waals surface area contributed by atoms with Gasteiger partial charge >= 0.3 is 0 Å². The van der Waals surface area contributed by atoms with E-state index in [1.807, 2.05) is 18.4 Å². The topological polar surface area (TPSA) is 38.9 Å². The highest BCUT2D eigenvalue weighted by Gasteiger charge is 2.13. The first-order valence-electron chi connectivity index (χ1n) is 4.75. The maximum absolute atomic E-state index is 6.10. The minimum Gasteiger partial charge on any atom is -0.323 e. The minimum atomic E-state index is -0.0775. The Balaban J connectivity index is 2.50. The standard InChI is InChI=1S/C11H10Cl2N2S/c1-6(14)9-5-16-11(15-9)10-7(12)3-2-4-8(10)13/h2-6H,14H2,1H3. The molecule has 0 aliphatic heterocycles. The van der Waals surface area contributed by atoms with Gasteiger partial charge in [-0.2, -0.15) is 0 Å². The Kier molecular flexibility index (Phi) is 3.50. The summed E-state index contributed by atoms with van der Waals surface area (Å²) in [7, 11) is 0. The fourth-order valence-corrected chi connectivity index (χ4v) is 3.00. The van der Waals surface area contributed by atoms with E-state index in [2.05, 4.69) is 4.98 Å². The Hall–Kier alpha value is -0.610. The van der Waals surface area contributed by atoms with E-state index in [9.17, 15) is 0 Å². The third-order valence-electron chi connectivity index (χ3n) is 2.17. The van der Waals surface area contributed by atoms with Crippen molar-refractivity contribution in [3.63, 3.8) is 0 Å². The van der Waals surface area contributed by atoms with Crippen molar-refractivity contribution >= 4 is 34.5 Å². The van der Waals surface area contributed by atoms with Crippen molar-refractivity contribution in [3.8, 4) is 10.6 Å². The summed E-state index contributed by atoms with van der Waals surface area (Å²) >= 11 is 13.7. The lowest BCUT2D eigenvalue weighted by atomic mass is 10.2. The number of hydrogen-bond donors (Lipinski definition) is 1. The van der Waals surface area contributed by atoms with Crippen molar-refractivity contribution in [2.45, 2.75) is 13.0 Å². The van der Waals surface area contributed by atoms with Gasteiger partial charge in [0.1, 0.15) is 5.01 Å². The summed E-state index contributed by atoms with van der Waals surface area (Å²) in [6.45, 7) is 1.90. The molecule has 2 N–H and O–H groups in total. The van der Waals surface area contributed by atoms with E-state index in [0.29, 0.717) is 10.0 Å². The molecule has 2 rings (SSSR count). The lowest BCUT2D eigenvalue weighted by Gasteiger charge is -2.03. The molecule has 1 unspecified atom stereocenters. The van der Waals surface area contributed by atoms with Gasteiger partial charge in [-0.3, -0.25) is 0 Å². The molecule has 0 radical (unpaired) electrons. The molecule has 1 heterocycles. The number of hydrogen-bond acceptors (Lipinski definition) is 3. The number of rotatable bonds is 2. The zero-order valence-corrected chi connectivity index (χ0v) is 10.9. The second-order valence-electron chi connectivity index (χ2n) is 3.46. The fraction of sp³-hybridized carbons (Fsp3) is 0.182. The molecule has 0 aliphatic carbocycles. The van der Waals surface area contributed by atoms with E-state index < -0.39 is 0 Å². The molecular formula is C11H10Cl2N2S. The first-order chi connectivity index (χ1) is 7.59. The van der Waals surface area contributed by atoms with Crippen LogP contribution in [0.2, 0.25) is 10.0 Å². The SMILES string of the molecule is CC(N)c1csc(-c2c(Cl)cccc2Cl)n1. The predicted molar refractivity (Wildman–Crippen MR) is 70.2 cm³/mol. The summed E-state index contributed by atoms with van der Waals surface area (Å²) in [5, 5.41) is 3.96. The van der Waals surface area contributed by atoms with Crippen LogP contribution in [0, 0.1) is 0 Å². The van der Waals surface area contributed by atoms with Crippen LogP contribution in [-0.4, -0.2) is 4.98 Å². The van der Waals surface area contributed by atoms with Crippen molar-refractivity contribution in [1.82, 2.24) is 4.98 Å². The second-order valence-corrected chi connectivity index (χ2v) is 5.14. The Labute approximate surface area is 108 Å². The molecule has 16 heavy (non-hydrogen) atoms. The molecular weight excluding hydrogens is 263 g/mol. The number of halogens is 2. The molecule has 0 spiro atoms. The van der Waals surface area contributed by atoms with Gasteiger partial charge in [0, 0.05) is 17.0 Å². The third kappa shape index (κ3) is 2.23. The highest BCUT2D eigenvalue weighted by Crippen LogP contribution is 2.36. The van der Waals surface area contributed by atoms with E-state index in [1.54, 1.807) is 12.1 Å². The third-order valence-corrected chi connectivity index (χ3v) is 3.67. The van der Waals surface area contributed by atoms with Gasteiger partial charge in [0.05, 0.1) is 15.7 Å². The van der Waals surface area contributed by atoms with E-state index >= 15 is 0 Å². The molecule has 84 valence electrons. The van der Waals surface area contributed by atoms with Crippen LogP contribution < -0.4 is 5.73 Å². The molecule has 0 bridgehead atoms. The Morgan fingerprint density at radius 1 is 1.31 bits per heavy atom. The van der Waals surface area contributed by atoms with Crippen molar-refractivity contribution in [2.75, 3.05) is 0 Å². The summed E-state index contributed by atoms with van der Waals surface area (Å²) in [5.74, 6) is 0. The quantitative estimate of drug-likeness (QED) is 0.893. The molecule has 5 heteroatoms. The lowest BCUT2D eigenvalue weighted by molar-refractivity contribution is 0.790. The number of nitrogens with zero attached hydrogens (tertiary/aromatic N) is 1. The average molecular weight is 273 g/mol. The van der Waals surface area contributed by atoms with Crippen LogP contribution >= 0.6 is 34.5 Å². The highest BCUT2D eigenvalue weighted by molar-refractivity contribution is 7.13. The lowest BCUT2D eigenvalue weighted by Crippen LogP contribution is -2.04. The molecule has 0 aliphatic rings. The second kappa shape index (κ2) is 4.72. The van der Waals surface area contributed by atoms with Gasteiger partial charge in [0.15, 0.2) is 0 Å². The first-order valence-corrected chi connectivity index (χ1v) is 6.38. The highest BCUT2D eigenvalue weighted by atomic mass is 35.5. The number of benzene rings is 1. The fourth-order valence-electron chi connectivity index (χ4n) is 1.31. The van der Waals surface area contributed by atoms with Crippen LogP contribution in [0.15, 0.2) is 23.6 Å². The van der Waals surface area contributed by atoms with Crippen LogP contribution in [0.4, 0.5) is 0 Å². The van der Waals surface area contributed by atoms with Gasteiger partial charge in [0.2, 0.25) is 0 Å². The van der Waals surface area contributed by atoms with Crippen LogP contribution in [0.25, 0.3) is 10.6 Å². The molecule has 1 atom stereocenters. The van der Waals surface area contributed by atoms with E-state index in [4.69, 9.17) is 28.9 Å². The first kappa shape index (κ1) is 11.9. The average Bonchev–Trinajstić information content (AvgIpc) is 2.66. The van der Waals surface area contributed by atoms with Crippen LogP contribution in [-0.2, 0) is 0 Å². The largest absolute Gasteiger partial charge is 0.323 e. The zero-order valence-electron chi connectivity index (χ0n) is 8.58. The van der Waals surface area contributed by atoms with Gasteiger partial charge in [0.25, 0.3) is 0 Å². The van der Waals surface area contributed by atoms with Crippen molar-refractivity contribution in [1.29, 1.82) is 0 Å².